The molecule has 0 spiro atoms. The summed E-state index contributed by atoms with van der Waals surface area (Å²) in [6.07, 6.45) is 3.36. The number of rotatable bonds is 6. The highest BCUT2D eigenvalue weighted by Crippen LogP contribution is 2.26. The summed E-state index contributed by atoms with van der Waals surface area (Å²) in [6, 6.07) is 5.67. The quantitative estimate of drug-likeness (QED) is 0.644. The van der Waals surface area contributed by atoms with E-state index in [0.29, 0.717) is 41.8 Å². The Morgan fingerprint density at radius 3 is 2.71 bits per heavy atom. The van der Waals surface area contributed by atoms with Crippen LogP contribution < -0.4 is 10.1 Å². The largest absolute Gasteiger partial charge is 0.471 e. The molecular formula is C22H25N5O4. The normalized spacial score (nSPS) is 14.4. The minimum Gasteiger partial charge on any atom is -0.471 e. The fourth-order valence-electron chi connectivity index (χ4n) is 3.39. The summed E-state index contributed by atoms with van der Waals surface area (Å²) in [4.78, 5) is 16.9. The van der Waals surface area contributed by atoms with Crippen LogP contribution in [0.2, 0.25) is 0 Å². The predicted molar refractivity (Wildman–Crippen MR) is 112 cm³/mol. The monoisotopic (exact) mass is 423 g/mol. The van der Waals surface area contributed by atoms with E-state index in [4.69, 9.17) is 14.0 Å². The van der Waals surface area contributed by atoms with Crippen LogP contribution in [0.1, 0.15) is 45.9 Å². The van der Waals surface area contributed by atoms with Gasteiger partial charge in [0.15, 0.2) is 5.69 Å². The Bertz CT molecular complexity index is 1060. The van der Waals surface area contributed by atoms with Crippen LogP contribution in [0.5, 0.6) is 5.88 Å². The molecular weight excluding hydrogens is 398 g/mol. The van der Waals surface area contributed by atoms with Gasteiger partial charge in [0.25, 0.3) is 5.91 Å². The van der Waals surface area contributed by atoms with Gasteiger partial charge in [0.1, 0.15) is 18.1 Å². The Kier molecular flexibility index (Phi) is 6.22. The molecule has 3 aromatic rings. The number of aromatic nitrogens is 4. The van der Waals surface area contributed by atoms with E-state index in [1.54, 1.807) is 12.3 Å². The number of carbonyl (C=O) groups is 1. The molecule has 0 atom stereocenters. The van der Waals surface area contributed by atoms with Gasteiger partial charge in [-0.05, 0) is 51.3 Å². The van der Waals surface area contributed by atoms with Gasteiger partial charge in [-0.25, -0.2) is 0 Å². The highest BCUT2D eigenvalue weighted by molar-refractivity contribution is 5.93. The summed E-state index contributed by atoms with van der Waals surface area (Å²) in [5.41, 5.74) is 4.26. The van der Waals surface area contributed by atoms with E-state index in [-0.39, 0.29) is 18.6 Å². The number of amides is 1. The Morgan fingerprint density at radius 1 is 1.19 bits per heavy atom. The first-order valence-corrected chi connectivity index (χ1v) is 10.2. The molecule has 3 aromatic heterocycles. The third-order valence-electron chi connectivity index (χ3n) is 5.27. The maximum absolute atomic E-state index is 12.5. The lowest BCUT2D eigenvalue weighted by atomic mass is 10.1. The van der Waals surface area contributed by atoms with Crippen LogP contribution in [-0.2, 0) is 11.3 Å². The number of hydrogen-bond donors (Lipinski definition) is 1. The molecule has 1 fully saturated rings. The van der Waals surface area contributed by atoms with E-state index in [0.717, 1.165) is 29.7 Å². The van der Waals surface area contributed by atoms with Crippen molar-refractivity contribution in [3.05, 3.63) is 52.7 Å². The van der Waals surface area contributed by atoms with Crippen LogP contribution in [-0.4, -0.2) is 45.5 Å². The van der Waals surface area contributed by atoms with Crippen molar-refractivity contribution in [1.82, 2.24) is 25.7 Å². The number of carbonyl (C=O) groups excluding carboxylic acids is 1. The zero-order valence-electron chi connectivity index (χ0n) is 17.8. The summed E-state index contributed by atoms with van der Waals surface area (Å²) in [6.45, 7) is 7.10. The molecule has 1 amide bonds. The molecule has 9 heteroatoms. The fraction of sp³-hybridized carbons (Fsp3) is 0.409. The van der Waals surface area contributed by atoms with E-state index in [9.17, 15) is 4.79 Å². The average molecular weight is 423 g/mol. The van der Waals surface area contributed by atoms with E-state index >= 15 is 0 Å². The van der Waals surface area contributed by atoms with E-state index in [2.05, 4.69) is 25.7 Å². The van der Waals surface area contributed by atoms with Gasteiger partial charge in [-0.3, -0.25) is 9.78 Å². The molecule has 0 saturated carbocycles. The van der Waals surface area contributed by atoms with Crippen molar-refractivity contribution in [2.45, 2.75) is 46.3 Å². The summed E-state index contributed by atoms with van der Waals surface area (Å²) in [7, 11) is 0. The Hall–Kier alpha value is -3.33. The molecule has 1 saturated heterocycles. The first-order valence-electron chi connectivity index (χ1n) is 10.2. The lowest BCUT2D eigenvalue weighted by Gasteiger charge is -2.23. The zero-order chi connectivity index (χ0) is 21.8. The van der Waals surface area contributed by atoms with Gasteiger partial charge in [0, 0.05) is 42.8 Å². The van der Waals surface area contributed by atoms with Crippen LogP contribution in [0.15, 0.2) is 28.9 Å². The van der Waals surface area contributed by atoms with Gasteiger partial charge in [-0.15, -0.1) is 10.2 Å². The van der Waals surface area contributed by atoms with Gasteiger partial charge in [0.05, 0.1) is 5.56 Å². The Labute approximate surface area is 180 Å². The lowest BCUT2D eigenvalue weighted by Crippen LogP contribution is -2.39. The number of ether oxygens (including phenoxy) is 2. The molecule has 0 bridgehead atoms. The first-order chi connectivity index (χ1) is 15.0. The number of pyridine rings is 1. The van der Waals surface area contributed by atoms with Crippen molar-refractivity contribution in [3.8, 4) is 17.1 Å². The number of aryl methyl sites for hydroxylation is 3. The minimum absolute atomic E-state index is 0.102. The van der Waals surface area contributed by atoms with E-state index in [1.807, 2.05) is 32.9 Å². The molecule has 9 nitrogen and oxygen atoms in total. The van der Waals surface area contributed by atoms with Crippen LogP contribution in [0.25, 0.3) is 11.3 Å². The molecule has 1 N–H and O–H groups in total. The summed E-state index contributed by atoms with van der Waals surface area (Å²) in [5, 5.41) is 15.3. The minimum atomic E-state index is -0.229. The highest BCUT2D eigenvalue weighted by Gasteiger charge is 2.20. The molecule has 1 aliphatic rings. The molecule has 0 radical (unpaired) electrons. The standard InChI is InChI=1S/C22H25N5O4/c1-13-10-19(25-26-20(13)22(28)24-17-6-8-29-9-7-17)30-12-18-15(3)31-27-21(18)16-5-4-14(2)23-11-16/h4-5,10-11,17H,6-9,12H2,1-3H3,(H,24,28). The summed E-state index contributed by atoms with van der Waals surface area (Å²) < 4.78 is 16.5. The molecule has 31 heavy (non-hydrogen) atoms. The van der Waals surface area contributed by atoms with Gasteiger partial charge in [-0.2, -0.15) is 0 Å². The van der Waals surface area contributed by atoms with Crippen molar-refractivity contribution in [1.29, 1.82) is 0 Å². The second-order valence-electron chi connectivity index (χ2n) is 7.62. The van der Waals surface area contributed by atoms with E-state index in [1.165, 1.54) is 0 Å². The van der Waals surface area contributed by atoms with Crippen molar-refractivity contribution in [3.63, 3.8) is 0 Å². The smallest absolute Gasteiger partial charge is 0.272 e. The fourth-order valence-corrected chi connectivity index (χ4v) is 3.39. The Morgan fingerprint density at radius 2 is 2.00 bits per heavy atom. The van der Waals surface area contributed by atoms with Gasteiger partial charge in [-0.1, -0.05) is 5.16 Å². The zero-order valence-corrected chi connectivity index (χ0v) is 17.8. The third-order valence-corrected chi connectivity index (χ3v) is 5.27. The molecule has 4 heterocycles. The van der Waals surface area contributed by atoms with Crippen molar-refractivity contribution in [2.75, 3.05) is 13.2 Å². The first kappa shape index (κ1) is 20.9. The summed E-state index contributed by atoms with van der Waals surface area (Å²) >= 11 is 0. The SMILES string of the molecule is Cc1ccc(-c2noc(C)c2COc2cc(C)c(C(=O)NC3CCOCC3)nn2)cn1. The number of nitrogens with zero attached hydrogens (tertiary/aromatic N) is 4. The second kappa shape index (κ2) is 9.22. The Balaban J connectivity index is 1.44. The molecule has 0 unspecified atom stereocenters. The second-order valence-corrected chi connectivity index (χ2v) is 7.62. The van der Waals surface area contributed by atoms with Gasteiger partial charge in [0.2, 0.25) is 5.88 Å². The van der Waals surface area contributed by atoms with Crippen molar-refractivity contribution in [2.24, 2.45) is 0 Å². The van der Waals surface area contributed by atoms with Gasteiger partial charge < -0.3 is 19.3 Å². The molecule has 0 aromatic carbocycles. The van der Waals surface area contributed by atoms with Crippen molar-refractivity contribution >= 4 is 5.91 Å². The maximum atomic E-state index is 12.5. The molecule has 1 aliphatic heterocycles. The van der Waals surface area contributed by atoms with Gasteiger partial charge >= 0.3 is 0 Å². The van der Waals surface area contributed by atoms with Crippen LogP contribution in [0.3, 0.4) is 0 Å². The number of hydrogen-bond acceptors (Lipinski definition) is 8. The molecule has 162 valence electrons. The van der Waals surface area contributed by atoms with Crippen LogP contribution >= 0.6 is 0 Å². The lowest BCUT2D eigenvalue weighted by molar-refractivity contribution is 0.0693. The van der Waals surface area contributed by atoms with Crippen LogP contribution in [0, 0.1) is 20.8 Å². The summed E-state index contributed by atoms with van der Waals surface area (Å²) in [5.74, 6) is 0.758. The molecule has 4 rings (SSSR count). The average Bonchev–Trinajstić information content (AvgIpc) is 3.14. The molecule has 0 aliphatic carbocycles. The van der Waals surface area contributed by atoms with Crippen molar-refractivity contribution < 1.29 is 18.8 Å². The van der Waals surface area contributed by atoms with E-state index < -0.39 is 0 Å². The maximum Gasteiger partial charge on any atom is 0.272 e. The predicted octanol–water partition coefficient (Wildman–Crippen LogP) is 2.94. The third kappa shape index (κ3) is 4.88. The number of nitrogens with one attached hydrogen (secondary N) is 1. The van der Waals surface area contributed by atoms with Crippen LogP contribution in [0.4, 0.5) is 0 Å². The highest BCUT2D eigenvalue weighted by atomic mass is 16.5. The topological polar surface area (TPSA) is 112 Å².